The summed E-state index contributed by atoms with van der Waals surface area (Å²) in [6.07, 6.45) is 0. The molecule has 2 aromatic rings. The minimum atomic E-state index is -0.723. The van der Waals surface area contributed by atoms with Crippen LogP contribution in [0.5, 0.6) is 11.5 Å². The van der Waals surface area contributed by atoms with Gasteiger partial charge in [-0.1, -0.05) is 17.3 Å². The maximum absolute atomic E-state index is 13.3. The van der Waals surface area contributed by atoms with Gasteiger partial charge in [0.2, 0.25) is 0 Å². The zero-order valence-electron chi connectivity index (χ0n) is 10.1. The van der Waals surface area contributed by atoms with E-state index in [2.05, 4.69) is 5.16 Å². The zero-order valence-corrected chi connectivity index (χ0v) is 10.1. The quantitative estimate of drug-likeness (QED) is 0.442. The van der Waals surface area contributed by atoms with Gasteiger partial charge in [0.25, 0.3) is 0 Å². The van der Waals surface area contributed by atoms with E-state index in [1.54, 1.807) is 18.2 Å². The molecular formula is C14H12FNO3. The molecule has 0 fully saturated rings. The van der Waals surface area contributed by atoms with E-state index in [0.29, 0.717) is 16.7 Å². The lowest BCUT2D eigenvalue weighted by Gasteiger charge is -2.07. The number of phenols is 2. The van der Waals surface area contributed by atoms with Crippen molar-refractivity contribution in [3.63, 3.8) is 0 Å². The third kappa shape index (κ3) is 2.49. The molecule has 0 bridgehead atoms. The maximum Gasteiger partial charge on any atom is 0.165 e. The summed E-state index contributed by atoms with van der Waals surface area (Å²) in [5.41, 5.74) is 1.78. The summed E-state index contributed by atoms with van der Waals surface area (Å²) >= 11 is 0. The van der Waals surface area contributed by atoms with Crippen molar-refractivity contribution < 1.29 is 19.8 Å². The topological polar surface area (TPSA) is 73.1 Å². The molecule has 4 nitrogen and oxygen atoms in total. The minimum absolute atomic E-state index is 0.0294. The Labute approximate surface area is 109 Å². The van der Waals surface area contributed by atoms with Crippen LogP contribution in [0, 0.1) is 5.82 Å². The first-order valence-corrected chi connectivity index (χ1v) is 5.54. The van der Waals surface area contributed by atoms with E-state index in [-0.39, 0.29) is 11.5 Å². The van der Waals surface area contributed by atoms with Gasteiger partial charge < -0.3 is 15.4 Å². The van der Waals surface area contributed by atoms with Crippen LogP contribution >= 0.6 is 0 Å². The summed E-state index contributed by atoms with van der Waals surface area (Å²) in [6.45, 7) is 1.54. The lowest BCUT2D eigenvalue weighted by Crippen LogP contribution is -1.95. The Morgan fingerprint density at radius 3 is 2.16 bits per heavy atom. The largest absolute Gasteiger partial charge is 0.507 e. The SMILES string of the molecule is C/C(=N\O)c1cc(-c2ccc(O)c(F)c2)ccc1O. The minimum Gasteiger partial charge on any atom is -0.507 e. The molecule has 0 saturated heterocycles. The van der Waals surface area contributed by atoms with Crippen molar-refractivity contribution in [1.29, 1.82) is 0 Å². The van der Waals surface area contributed by atoms with Gasteiger partial charge in [0, 0.05) is 5.56 Å². The fraction of sp³-hybridized carbons (Fsp3) is 0.0714. The predicted octanol–water partition coefficient (Wildman–Crippen LogP) is 3.10. The second kappa shape index (κ2) is 4.97. The fourth-order valence-electron chi connectivity index (χ4n) is 1.75. The van der Waals surface area contributed by atoms with Crippen LogP contribution in [0.25, 0.3) is 11.1 Å². The number of phenolic OH excluding ortho intramolecular Hbond substituents is 2. The maximum atomic E-state index is 13.3. The average molecular weight is 261 g/mol. The molecule has 0 saturated carbocycles. The van der Waals surface area contributed by atoms with Crippen molar-refractivity contribution in [3.8, 4) is 22.6 Å². The highest BCUT2D eigenvalue weighted by molar-refractivity contribution is 6.01. The number of nitrogens with zero attached hydrogens (tertiary/aromatic N) is 1. The van der Waals surface area contributed by atoms with E-state index in [0.717, 1.165) is 0 Å². The summed E-state index contributed by atoms with van der Waals surface area (Å²) in [6, 6.07) is 8.62. The van der Waals surface area contributed by atoms with Crippen LogP contribution < -0.4 is 0 Å². The van der Waals surface area contributed by atoms with E-state index in [4.69, 9.17) is 10.3 Å². The second-order valence-corrected chi connectivity index (χ2v) is 4.08. The number of hydrogen-bond acceptors (Lipinski definition) is 4. The first-order chi connectivity index (χ1) is 9.02. The Hall–Kier alpha value is -2.56. The number of oxime groups is 1. The van der Waals surface area contributed by atoms with Crippen LogP contribution in [0.1, 0.15) is 12.5 Å². The number of aromatic hydroxyl groups is 2. The Kier molecular flexibility index (Phi) is 3.37. The average Bonchev–Trinajstić information content (AvgIpc) is 2.41. The van der Waals surface area contributed by atoms with E-state index in [1.807, 2.05) is 0 Å². The van der Waals surface area contributed by atoms with Gasteiger partial charge in [-0.05, 0) is 42.3 Å². The van der Waals surface area contributed by atoms with Crippen molar-refractivity contribution in [1.82, 2.24) is 0 Å². The smallest absolute Gasteiger partial charge is 0.165 e. The fourth-order valence-corrected chi connectivity index (χ4v) is 1.75. The molecule has 2 rings (SSSR count). The molecule has 98 valence electrons. The van der Waals surface area contributed by atoms with Gasteiger partial charge in [0.15, 0.2) is 11.6 Å². The van der Waals surface area contributed by atoms with E-state index < -0.39 is 11.6 Å². The molecule has 0 aliphatic carbocycles. The lowest BCUT2D eigenvalue weighted by molar-refractivity contribution is 0.318. The van der Waals surface area contributed by atoms with Crippen LogP contribution in [0.2, 0.25) is 0 Å². The molecule has 0 amide bonds. The molecule has 0 heterocycles. The first kappa shape index (κ1) is 12.9. The standard InChI is InChI=1S/C14H12FNO3/c1-8(16-19)11-6-9(2-4-13(11)17)10-3-5-14(18)12(15)7-10/h2-7,17-19H,1H3/b16-8+. The van der Waals surface area contributed by atoms with Gasteiger partial charge in [0.05, 0.1) is 5.71 Å². The molecule has 0 atom stereocenters. The molecule has 0 aliphatic heterocycles. The number of hydrogen-bond donors (Lipinski definition) is 3. The molecule has 19 heavy (non-hydrogen) atoms. The second-order valence-electron chi connectivity index (χ2n) is 4.08. The van der Waals surface area contributed by atoms with Crippen molar-refractivity contribution >= 4 is 5.71 Å². The van der Waals surface area contributed by atoms with Gasteiger partial charge in [-0.3, -0.25) is 0 Å². The van der Waals surface area contributed by atoms with Crippen molar-refractivity contribution in [2.45, 2.75) is 6.92 Å². The Morgan fingerprint density at radius 1 is 1.00 bits per heavy atom. The molecule has 3 N–H and O–H groups in total. The van der Waals surface area contributed by atoms with Gasteiger partial charge in [-0.25, -0.2) is 4.39 Å². The Balaban J connectivity index is 2.54. The summed E-state index contributed by atoms with van der Waals surface area (Å²) in [5.74, 6) is -1.17. The number of rotatable bonds is 2. The van der Waals surface area contributed by atoms with Crippen LogP contribution in [0.3, 0.4) is 0 Å². The molecule has 2 aromatic carbocycles. The van der Waals surface area contributed by atoms with Gasteiger partial charge in [-0.15, -0.1) is 0 Å². The molecule has 0 radical (unpaired) electrons. The third-order valence-electron chi connectivity index (χ3n) is 2.82. The number of benzene rings is 2. The molecule has 0 spiro atoms. The normalized spacial score (nSPS) is 11.6. The van der Waals surface area contributed by atoms with Crippen molar-refractivity contribution in [2.75, 3.05) is 0 Å². The highest BCUT2D eigenvalue weighted by Crippen LogP contribution is 2.29. The van der Waals surface area contributed by atoms with Crippen LogP contribution in [0.4, 0.5) is 4.39 Å². The third-order valence-corrected chi connectivity index (χ3v) is 2.82. The predicted molar refractivity (Wildman–Crippen MR) is 69.2 cm³/mol. The van der Waals surface area contributed by atoms with Gasteiger partial charge in [-0.2, -0.15) is 0 Å². The lowest BCUT2D eigenvalue weighted by atomic mass is 10.0. The van der Waals surface area contributed by atoms with E-state index in [1.165, 1.54) is 25.1 Å². The summed E-state index contributed by atoms with van der Waals surface area (Å²) < 4.78 is 13.3. The monoisotopic (exact) mass is 261 g/mol. The molecular weight excluding hydrogens is 249 g/mol. The Bertz CT molecular complexity index is 653. The molecule has 0 aromatic heterocycles. The summed E-state index contributed by atoms with van der Waals surface area (Å²) in [5, 5.41) is 30.6. The zero-order chi connectivity index (χ0) is 14.0. The summed E-state index contributed by atoms with van der Waals surface area (Å²) in [7, 11) is 0. The molecule has 5 heteroatoms. The first-order valence-electron chi connectivity index (χ1n) is 5.54. The molecule has 0 unspecified atom stereocenters. The van der Waals surface area contributed by atoms with Crippen LogP contribution in [-0.4, -0.2) is 21.1 Å². The van der Waals surface area contributed by atoms with E-state index in [9.17, 15) is 9.50 Å². The van der Waals surface area contributed by atoms with E-state index >= 15 is 0 Å². The molecule has 0 aliphatic rings. The van der Waals surface area contributed by atoms with Gasteiger partial charge in [0.1, 0.15) is 5.75 Å². The highest BCUT2D eigenvalue weighted by atomic mass is 19.1. The summed E-state index contributed by atoms with van der Waals surface area (Å²) in [4.78, 5) is 0. The van der Waals surface area contributed by atoms with Crippen LogP contribution in [0.15, 0.2) is 41.6 Å². The highest BCUT2D eigenvalue weighted by Gasteiger charge is 2.09. The number of halogens is 1. The van der Waals surface area contributed by atoms with Crippen LogP contribution in [-0.2, 0) is 0 Å². The Morgan fingerprint density at radius 2 is 1.58 bits per heavy atom. The van der Waals surface area contributed by atoms with Crippen molar-refractivity contribution in [3.05, 3.63) is 47.8 Å². The van der Waals surface area contributed by atoms with Crippen molar-refractivity contribution in [2.24, 2.45) is 5.16 Å². The van der Waals surface area contributed by atoms with Gasteiger partial charge >= 0.3 is 0 Å².